The predicted molar refractivity (Wildman–Crippen MR) is 121 cm³/mol. The molecule has 0 radical (unpaired) electrons. The zero-order chi connectivity index (χ0) is 26.1. The number of carbonyl (C=O) groups is 1. The summed E-state index contributed by atoms with van der Waals surface area (Å²) in [6, 6.07) is 7.80. The lowest BCUT2D eigenvalue weighted by atomic mass is 9.88. The number of halogens is 5. The van der Waals surface area contributed by atoms with Gasteiger partial charge in [0.2, 0.25) is 5.95 Å². The molecule has 0 saturated carbocycles. The van der Waals surface area contributed by atoms with Crippen molar-refractivity contribution in [2.24, 2.45) is 5.92 Å². The van der Waals surface area contributed by atoms with Crippen molar-refractivity contribution in [1.82, 2.24) is 24.8 Å². The number of pyridine rings is 2. The second kappa shape index (κ2) is 9.75. The Labute approximate surface area is 203 Å². The van der Waals surface area contributed by atoms with E-state index in [1.165, 1.54) is 0 Å². The summed E-state index contributed by atoms with van der Waals surface area (Å²) in [6.07, 6.45) is -2.22. The molecule has 12 heteroatoms. The van der Waals surface area contributed by atoms with E-state index in [9.17, 15) is 26.7 Å². The van der Waals surface area contributed by atoms with Gasteiger partial charge < -0.3 is 10.2 Å². The molecule has 1 aliphatic rings. The largest absolute Gasteiger partial charge is 0.419 e. The van der Waals surface area contributed by atoms with Crippen LogP contribution in [0.1, 0.15) is 35.1 Å². The van der Waals surface area contributed by atoms with E-state index >= 15 is 0 Å². The minimum atomic E-state index is -4.59. The van der Waals surface area contributed by atoms with Crippen LogP contribution in [0.5, 0.6) is 0 Å². The van der Waals surface area contributed by atoms with Gasteiger partial charge in [-0.3, -0.25) is 9.78 Å². The van der Waals surface area contributed by atoms with Crippen LogP contribution >= 0.6 is 0 Å². The summed E-state index contributed by atoms with van der Waals surface area (Å²) in [5.74, 6) is -4.55. The lowest BCUT2D eigenvalue weighted by Gasteiger charge is -2.43. The predicted octanol–water partition coefficient (Wildman–Crippen LogP) is 4.86. The Hall–Kier alpha value is -3.70. The van der Waals surface area contributed by atoms with Crippen molar-refractivity contribution in [2.75, 3.05) is 18.4 Å². The minimum absolute atomic E-state index is 0.00520. The van der Waals surface area contributed by atoms with Crippen LogP contribution in [0.3, 0.4) is 0 Å². The monoisotopic (exact) mass is 506 g/mol. The summed E-state index contributed by atoms with van der Waals surface area (Å²) in [6.45, 7) is 2.41. The van der Waals surface area contributed by atoms with Crippen LogP contribution in [0, 0.1) is 12.8 Å². The third kappa shape index (κ3) is 5.58. The molecule has 1 fully saturated rings. The molecule has 3 aromatic rings. The maximum absolute atomic E-state index is 14.6. The molecule has 1 amide bonds. The van der Waals surface area contributed by atoms with E-state index in [1.54, 1.807) is 50.4 Å². The smallest absolute Gasteiger partial charge is 0.352 e. The van der Waals surface area contributed by atoms with Gasteiger partial charge in [-0.2, -0.15) is 13.2 Å². The van der Waals surface area contributed by atoms with Crippen molar-refractivity contribution in [1.29, 1.82) is 0 Å². The SMILES string of the molecule is Cc1ccc(-c2ccccn2)c(C(=O)N2CC(F)(F)C[C@@H](C)C2CNc2ncc(C(F)(F)F)cn2)n1. The number of rotatable bonds is 5. The van der Waals surface area contributed by atoms with Gasteiger partial charge in [0, 0.05) is 42.8 Å². The van der Waals surface area contributed by atoms with Crippen molar-refractivity contribution in [2.45, 2.75) is 38.4 Å². The maximum Gasteiger partial charge on any atom is 0.419 e. The number of hydrogen-bond donors (Lipinski definition) is 1. The molecule has 7 nitrogen and oxygen atoms in total. The number of likely N-dealkylation sites (tertiary alicyclic amines) is 1. The van der Waals surface area contributed by atoms with Gasteiger partial charge >= 0.3 is 6.18 Å². The molecule has 4 rings (SSSR count). The Morgan fingerprint density at radius 3 is 2.50 bits per heavy atom. The summed E-state index contributed by atoms with van der Waals surface area (Å²) >= 11 is 0. The standard InChI is InChI=1S/C24H23F5N6O/c1-14-9-23(25,26)13-35(19(14)12-33-22-31-10-16(11-32-22)24(27,28)29)21(36)20-17(7-6-15(2)34-20)18-5-3-4-8-30-18/h3-8,10-11,14,19H,9,12-13H2,1-2H3,(H,31,32,33)/t14-,19?/m1/s1. The highest BCUT2D eigenvalue weighted by Gasteiger charge is 2.46. The van der Waals surface area contributed by atoms with E-state index in [2.05, 4.69) is 25.3 Å². The van der Waals surface area contributed by atoms with Crippen LogP contribution in [0.4, 0.5) is 27.9 Å². The number of nitrogens with one attached hydrogen (secondary N) is 1. The second-order valence-corrected chi connectivity index (χ2v) is 8.78. The Morgan fingerprint density at radius 1 is 1.14 bits per heavy atom. The summed E-state index contributed by atoms with van der Waals surface area (Å²) in [4.78, 5) is 30.7. The van der Waals surface area contributed by atoms with Gasteiger partial charge in [0.25, 0.3) is 11.8 Å². The van der Waals surface area contributed by atoms with Gasteiger partial charge in [-0.15, -0.1) is 0 Å². The van der Waals surface area contributed by atoms with Crippen molar-refractivity contribution >= 4 is 11.9 Å². The van der Waals surface area contributed by atoms with Gasteiger partial charge in [0.05, 0.1) is 23.8 Å². The molecule has 0 bridgehead atoms. The summed E-state index contributed by atoms with van der Waals surface area (Å²) in [5, 5.41) is 2.78. The zero-order valence-electron chi connectivity index (χ0n) is 19.4. The van der Waals surface area contributed by atoms with Crippen LogP contribution < -0.4 is 5.32 Å². The Bertz CT molecular complexity index is 1220. The summed E-state index contributed by atoms with van der Waals surface area (Å²) in [7, 11) is 0. The minimum Gasteiger partial charge on any atom is -0.352 e. The lowest BCUT2D eigenvalue weighted by Crippen LogP contribution is -2.57. The molecule has 0 spiro atoms. The fraction of sp³-hybridized carbons (Fsp3) is 0.375. The topological polar surface area (TPSA) is 83.9 Å². The number of anilines is 1. The first-order valence-electron chi connectivity index (χ1n) is 11.2. The lowest BCUT2D eigenvalue weighted by molar-refractivity contribution is -0.138. The normalized spacial score (nSPS) is 19.7. The number of piperidine rings is 1. The molecular weight excluding hydrogens is 483 g/mol. The molecule has 3 aromatic heterocycles. The van der Waals surface area contributed by atoms with E-state index in [0.29, 0.717) is 29.3 Å². The molecule has 4 heterocycles. The molecule has 0 aliphatic carbocycles. The molecule has 1 N–H and O–H groups in total. The third-order valence-electron chi connectivity index (χ3n) is 5.97. The molecule has 2 atom stereocenters. The highest BCUT2D eigenvalue weighted by atomic mass is 19.4. The second-order valence-electron chi connectivity index (χ2n) is 8.78. The van der Waals surface area contributed by atoms with Gasteiger partial charge in [0.15, 0.2) is 0 Å². The summed E-state index contributed by atoms with van der Waals surface area (Å²) in [5.41, 5.74) is 0.392. The fourth-order valence-corrected chi connectivity index (χ4v) is 4.23. The number of aromatic nitrogens is 4. The molecule has 0 aromatic carbocycles. The average Bonchev–Trinajstić information content (AvgIpc) is 2.82. The number of hydrogen-bond acceptors (Lipinski definition) is 6. The van der Waals surface area contributed by atoms with Gasteiger partial charge in [-0.05, 0) is 37.1 Å². The van der Waals surface area contributed by atoms with E-state index in [-0.39, 0.29) is 18.2 Å². The Kier molecular flexibility index (Phi) is 6.87. The number of aryl methyl sites for hydroxylation is 1. The highest BCUT2D eigenvalue weighted by molar-refractivity contribution is 5.99. The van der Waals surface area contributed by atoms with Gasteiger partial charge in [-0.25, -0.2) is 23.7 Å². The van der Waals surface area contributed by atoms with Gasteiger partial charge in [-0.1, -0.05) is 13.0 Å². The fourth-order valence-electron chi connectivity index (χ4n) is 4.23. The number of alkyl halides is 5. The molecule has 1 aliphatic heterocycles. The van der Waals surface area contributed by atoms with E-state index in [0.717, 1.165) is 4.90 Å². The zero-order valence-corrected chi connectivity index (χ0v) is 19.4. The number of carbonyl (C=O) groups excluding carboxylic acids is 1. The van der Waals surface area contributed by atoms with Crippen molar-refractivity contribution in [3.05, 3.63) is 65.9 Å². The van der Waals surface area contributed by atoms with Crippen LogP contribution in [0.15, 0.2) is 48.9 Å². The molecular formula is C24H23F5N6O. The van der Waals surface area contributed by atoms with Crippen LogP contribution in [0.25, 0.3) is 11.3 Å². The van der Waals surface area contributed by atoms with Gasteiger partial charge in [0.1, 0.15) is 5.69 Å². The highest BCUT2D eigenvalue weighted by Crippen LogP contribution is 2.36. The van der Waals surface area contributed by atoms with Crippen molar-refractivity contribution in [3.63, 3.8) is 0 Å². The third-order valence-corrected chi connectivity index (χ3v) is 5.97. The molecule has 190 valence electrons. The first-order chi connectivity index (χ1) is 16.9. The quantitative estimate of drug-likeness (QED) is 0.498. The molecule has 36 heavy (non-hydrogen) atoms. The van der Waals surface area contributed by atoms with Crippen LogP contribution in [-0.2, 0) is 6.18 Å². The maximum atomic E-state index is 14.6. The van der Waals surface area contributed by atoms with Crippen LogP contribution in [0.2, 0.25) is 0 Å². The molecule has 1 saturated heterocycles. The van der Waals surface area contributed by atoms with E-state index in [1.807, 2.05) is 0 Å². The summed E-state index contributed by atoms with van der Waals surface area (Å²) < 4.78 is 67.5. The van der Waals surface area contributed by atoms with Crippen molar-refractivity contribution < 1.29 is 26.7 Å². The average molecular weight is 506 g/mol. The number of nitrogens with zero attached hydrogens (tertiary/aromatic N) is 5. The number of amides is 1. The molecule has 1 unspecified atom stereocenters. The Balaban J connectivity index is 1.63. The van der Waals surface area contributed by atoms with E-state index < -0.39 is 48.5 Å². The Morgan fingerprint density at radius 2 is 1.86 bits per heavy atom. The van der Waals surface area contributed by atoms with Crippen molar-refractivity contribution in [3.8, 4) is 11.3 Å². The first-order valence-corrected chi connectivity index (χ1v) is 11.2. The first kappa shape index (κ1) is 25.4. The van der Waals surface area contributed by atoms with Crippen LogP contribution in [-0.4, -0.2) is 55.8 Å². The van der Waals surface area contributed by atoms with E-state index in [4.69, 9.17) is 0 Å².